The Bertz CT molecular complexity index is 480. The highest BCUT2D eigenvalue weighted by atomic mass is 19.4. The van der Waals surface area contributed by atoms with Gasteiger partial charge in [0.25, 0.3) is 0 Å². The van der Waals surface area contributed by atoms with E-state index in [1.165, 1.54) is 11.1 Å². The van der Waals surface area contributed by atoms with Crippen molar-refractivity contribution in [3.8, 4) is 0 Å². The molecule has 6 heteroatoms. The van der Waals surface area contributed by atoms with Crippen LogP contribution in [0.15, 0.2) is 24.3 Å². The molecule has 0 aliphatic carbocycles. The van der Waals surface area contributed by atoms with Crippen LogP contribution in [-0.2, 0) is 11.3 Å². The smallest absolute Gasteiger partial charge is 0.332 e. The summed E-state index contributed by atoms with van der Waals surface area (Å²) in [5.41, 5.74) is 2.34. The Labute approximate surface area is 116 Å². The van der Waals surface area contributed by atoms with Crippen LogP contribution in [0.4, 0.5) is 13.2 Å². The van der Waals surface area contributed by atoms with Crippen molar-refractivity contribution in [1.29, 1.82) is 0 Å². The number of amides is 1. The molecule has 0 aromatic heterocycles. The molecule has 0 radical (unpaired) electrons. The van der Waals surface area contributed by atoms with Crippen LogP contribution in [0.5, 0.6) is 0 Å². The van der Waals surface area contributed by atoms with Gasteiger partial charge in [-0.05, 0) is 18.1 Å². The molecular weight excluding hydrogens is 269 g/mol. The zero-order valence-corrected chi connectivity index (χ0v) is 11.3. The summed E-state index contributed by atoms with van der Waals surface area (Å²) in [5, 5.41) is 0. The predicted octanol–water partition coefficient (Wildman–Crippen LogP) is 2.20. The maximum atomic E-state index is 12.3. The molecule has 20 heavy (non-hydrogen) atoms. The van der Waals surface area contributed by atoms with Crippen LogP contribution >= 0.6 is 0 Å². The molecule has 1 aromatic rings. The van der Waals surface area contributed by atoms with E-state index in [-0.39, 0.29) is 13.1 Å². The van der Waals surface area contributed by atoms with E-state index in [0.29, 0.717) is 19.6 Å². The number of alkyl halides is 3. The number of hydrogen-bond acceptors (Lipinski definition) is 2. The molecule has 3 nitrogen and oxygen atoms in total. The molecule has 1 aromatic carbocycles. The van der Waals surface area contributed by atoms with E-state index in [9.17, 15) is 18.0 Å². The summed E-state index contributed by atoms with van der Waals surface area (Å²) in [6.45, 7) is 3.92. The number of carbonyl (C=O) groups excluding carboxylic acids is 1. The van der Waals surface area contributed by atoms with Gasteiger partial charge in [0.1, 0.15) is 0 Å². The quantitative estimate of drug-likeness (QED) is 0.832. The second-order valence-corrected chi connectivity index (χ2v) is 4.99. The molecule has 1 heterocycles. The van der Waals surface area contributed by atoms with Gasteiger partial charge in [-0.2, -0.15) is 13.2 Å². The number of nitrogens with zero attached hydrogens (tertiary/aromatic N) is 2. The van der Waals surface area contributed by atoms with Gasteiger partial charge in [0.2, 0.25) is 0 Å². The molecule has 1 saturated heterocycles. The van der Waals surface area contributed by atoms with Crippen molar-refractivity contribution < 1.29 is 18.0 Å². The van der Waals surface area contributed by atoms with E-state index >= 15 is 0 Å². The second kappa shape index (κ2) is 5.83. The lowest BCUT2D eigenvalue weighted by molar-refractivity contribution is -0.187. The minimum atomic E-state index is -4.77. The average molecular weight is 286 g/mol. The topological polar surface area (TPSA) is 23.6 Å². The fourth-order valence-electron chi connectivity index (χ4n) is 2.32. The number of halogens is 3. The van der Waals surface area contributed by atoms with Crippen LogP contribution in [-0.4, -0.2) is 48.1 Å². The number of hydrogen-bond donors (Lipinski definition) is 0. The Balaban J connectivity index is 1.89. The second-order valence-electron chi connectivity index (χ2n) is 4.99. The largest absolute Gasteiger partial charge is 0.471 e. The number of benzene rings is 1. The summed E-state index contributed by atoms with van der Waals surface area (Å²) in [6.07, 6.45) is -4.77. The molecular formula is C14H17F3N2O. The van der Waals surface area contributed by atoms with E-state index < -0.39 is 12.1 Å². The fraction of sp³-hybridized carbons (Fsp3) is 0.500. The standard InChI is InChI=1S/C14H17F3N2O/c1-11-4-2-3-5-12(11)10-18-6-8-19(9-7-18)13(20)14(15,16)17/h2-5H,6-10H2,1H3. The van der Waals surface area contributed by atoms with Gasteiger partial charge in [-0.15, -0.1) is 0 Å². The zero-order chi connectivity index (χ0) is 14.8. The number of aryl methyl sites for hydroxylation is 1. The lowest BCUT2D eigenvalue weighted by Gasteiger charge is -2.35. The van der Waals surface area contributed by atoms with Crippen LogP contribution in [0.3, 0.4) is 0 Å². The Morgan fingerprint density at radius 2 is 1.75 bits per heavy atom. The Kier molecular flexibility index (Phi) is 4.32. The highest BCUT2D eigenvalue weighted by Gasteiger charge is 2.43. The number of piperazine rings is 1. The Morgan fingerprint density at radius 1 is 1.15 bits per heavy atom. The summed E-state index contributed by atoms with van der Waals surface area (Å²) in [5.74, 6) is -1.73. The first kappa shape index (κ1) is 14.8. The predicted molar refractivity (Wildman–Crippen MR) is 69.1 cm³/mol. The van der Waals surface area contributed by atoms with E-state index in [1.807, 2.05) is 31.2 Å². The van der Waals surface area contributed by atoms with E-state index in [2.05, 4.69) is 4.90 Å². The van der Waals surface area contributed by atoms with Crippen LogP contribution in [0.2, 0.25) is 0 Å². The molecule has 1 aliphatic heterocycles. The van der Waals surface area contributed by atoms with Gasteiger partial charge in [0.05, 0.1) is 0 Å². The molecule has 0 bridgehead atoms. The molecule has 0 unspecified atom stereocenters. The minimum absolute atomic E-state index is 0.129. The van der Waals surface area contributed by atoms with Crippen molar-refractivity contribution >= 4 is 5.91 Å². The van der Waals surface area contributed by atoms with Crippen molar-refractivity contribution in [2.75, 3.05) is 26.2 Å². The molecule has 2 rings (SSSR count). The monoisotopic (exact) mass is 286 g/mol. The molecule has 0 atom stereocenters. The lowest BCUT2D eigenvalue weighted by atomic mass is 10.1. The van der Waals surface area contributed by atoms with Gasteiger partial charge in [-0.25, -0.2) is 0 Å². The van der Waals surface area contributed by atoms with Crippen molar-refractivity contribution in [2.24, 2.45) is 0 Å². The molecule has 0 spiro atoms. The summed E-state index contributed by atoms with van der Waals surface area (Å²) < 4.78 is 37.0. The average Bonchev–Trinajstić information content (AvgIpc) is 2.40. The molecule has 1 amide bonds. The van der Waals surface area contributed by atoms with Gasteiger partial charge in [0.15, 0.2) is 0 Å². The van der Waals surface area contributed by atoms with Crippen molar-refractivity contribution in [3.63, 3.8) is 0 Å². The van der Waals surface area contributed by atoms with E-state index in [4.69, 9.17) is 0 Å². The van der Waals surface area contributed by atoms with Crippen LogP contribution < -0.4 is 0 Å². The maximum Gasteiger partial charge on any atom is 0.471 e. The number of carbonyl (C=O) groups is 1. The number of rotatable bonds is 2. The molecule has 1 aliphatic rings. The first-order chi connectivity index (χ1) is 9.38. The van der Waals surface area contributed by atoms with Gasteiger partial charge < -0.3 is 4.90 Å². The Morgan fingerprint density at radius 3 is 2.30 bits per heavy atom. The summed E-state index contributed by atoms with van der Waals surface area (Å²) in [6, 6.07) is 7.94. The van der Waals surface area contributed by atoms with E-state index in [0.717, 1.165) is 4.90 Å². The van der Waals surface area contributed by atoms with Gasteiger partial charge in [-0.3, -0.25) is 9.69 Å². The lowest BCUT2D eigenvalue weighted by Crippen LogP contribution is -2.52. The van der Waals surface area contributed by atoms with Crippen LogP contribution in [0.25, 0.3) is 0 Å². The van der Waals surface area contributed by atoms with Crippen LogP contribution in [0, 0.1) is 6.92 Å². The summed E-state index contributed by atoms with van der Waals surface area (Å²) in [7, 11) is 0. The summed E-state index contributed by atoms with van der Waals surface area (Å²) >= 11 is 0. The van der Waals surface area contributed by atoms with Gasteiger partial charge >= 0.3 is 12.1 Å². The third-order valence-corrected chi connectivity index (χ3v) is 3.56. The highest BCUT2D eigenvalue weighted by molar-refractivity contribution is 5.81. The SMILES string of the molecule is Cc1ccccc1CN1CCN(C(=O)C(F)(F)F)CC1. The first-order valence-electron chi connectivity index (χ1n) is 6.51. The van der Waals surface area contributed by atoms with E-state index in [1.54, 1.807) is 0 Å². The zero-order valence-electron chi connectivity index (χ0n) is 11.3. The third kappa shape index (κ3) is 3.50. The Hall–Kier alpha value is -1.56. The van der Waals surface area contributed by atoms with Crippen molar-refractivity contribution in [2.45, 2.75) is 19.6 Å². The highest BCUT2D eigenvalue weighted by Crippen LogP contribution is 2.20. The third-order valence-electron chi connectivity index (χ3n) is 3.56. The van der Waals surface area contributed by atoms with Crippen LogP contribution in [0.1, 0.15) is 11.1 Å². The molecule has 0 saturated carbocycles. The minimum Gasteiger partial charge on any atom is -0.332 e. The summed E-state index contributed by atoms with van der Waals surface area (Å²) in [4.78, 5) is 14.1. The van der Waals surface area contributed by atoms with Gasteiger partial charge in [-0.1, -0.05) is 24.3 Å². The first-order valence-corrected chi connectivity index (χ1v) is 6.51. The van der Waals surface area contributed by atoms with Gasteiger partial charge in [0, 0.05) is 32.7 Å². The molecule has 1 fully saturated rings. The van der Waals surface area contributed by atoms with Crippen molar-refractivity contribution in [3.05, 3.63) is 35.4 Å². The molecule has 0 N–H and O–H groups in total. The molecule has 110 valence electrons. The fourth-order valence-corrected chi connectivity index (χ4v) is 2.32. The normalized spacial score (nSPS) is 17.3. The van der Waals surface area contributed by atoms with Crippen molar-refractivity contribution in [1.82, 2.24) is 9.80 Å². The maximum absolute atomic E-state index is 12.3.